The Balaban J connectivity index is 1.62. The molecule has 2 aromatic carbocycles. The second kappa shape index (κ2) is 9.19. The molecule has 0 unspecified atom stereocenters. The fourth-order valence-electron chi connectivity index (χ4n) is 1.94. The van der Waals surface area contributed by atoms with E-state index in [1.54, 1.807) is 55.6 Å². The third kappa shape index (κ3) is 5.64. The summed E-state index contributed by atoms with van der Waals surface area (Å²) in [6, 6.07) is 15.9. The van der Waals surface area contributed by atoms with E-state index in [2.05, 4.69) is 10.6 Å². The summed E-state index contributed by atoms with van der Waals surface area (Å²) >= 11 is 0. The van der Waals surface area contributed by atoms with Crippen LogP contribution in [0.1, 0.15) is 10.4 Å². The van der Waals surface area contributed by atoms with Crippen LogP contribution in [0.3, 0.4) is 0 Å². The van der Waals surface area contributed by atoms with Crippen LogP contribution in [0.15, 0.2) is 54.6 Å². The number of hydrogen-bond acceptors (Lipinski definition) is 4. The molecule has 0 aliphatic rings. The maximum atomic E-state index is 11.8. The first kappa shape index (κ1) is 17.3. The van der Waals surface area contributed by atoms with Gasteiger partial charge >= 0.3 is 0 Å². The number of ether oxygens (including phenoxy) is 2. The standard InChI is InChI=1S/C18H20N2O4/c1-23-15-7-9-16(10-8-15)24-13-17(21)19-11-12-20-18(22)14-5-3-2-4-6-14/h2-10H,11-13H2,1H3,(H,19,21)(H,20,22). The van der Waals surface area contributed by atoms with Gasteiger partial charge in [-0.3, -0.25) is 9.59 Å². The minimum absolute atomic E-state index is 0.0844. The molecule has 0 spiro atoms. The van der Waals surface area contributed by atoms with Crippen LogP contribution >= 0.6 is 0 Å². The number of benzene rings is 2. The molecule has 2 rings (SSSR count). The first-order chi connectivity index (χ1) is 11.7. The summed E-state index contributed by atoms with van der Waals surface area (Å²) in [7, 11) is 1.58. The fourth-order valence-corrected chi connectivity index (χ4v) is 1.94. The summed E-state index contributed by atoms with van der Waals surface area (Å²) in [5, 5.41) is 5.41. The van der Waals surface area contributed by atoms with Crippen molar-refractivity contribution in [3.05, 3.63) is 60.2 Å². The van der Waals surface area contributed by atoms with Crippen molar-refractivity contribution in [2.75, 3.05) is 26.8 Å². The van der Waals surface area contributed by atoms with Crippen LogP contribution in [0.5, 0.6) is 11.5 Å². The van der Waals surface area contributed by atoms with Crippen molar-refractivity contribution in [1.82, 2.24) is 10.6 Å². The molecule has 2 N–H and O–H groups in total. The third-order valence-corrected chi connectivity index (χ3v) is 3.20. The quantitative estimate of drug-likeness (QED) is 0.722. The van der Waals surface area contributed by atoms with Gasteiger partial charge in [0.25, 0.3) is 11.8 Å². The molecular formula is C18H20N2O4. The number of hydrogen-bond donors (Lipinski definition) is 2. The van der Waals surface area contributed by atoms with Gasteiger partial charge in [0.1, 0.15) is 11.5 Å². The van der Waals surface area contributed by atoms with E-state index in [0.717, 1.165) is 5.75 Å². The number of amides is 2. The van der Waals surface area contributed by atoms with Crippen LogP contribution < -0.4 is 20.1 Å². The highest BCUT2D eigenvalue weighted by Crippen LogP contribution is 2.16. The molecule has 0 aliphatic carbocycles. The normalized spacial score (nSPS) is 9.88. The summed E-state index contributed by atoms with van der Waals surface area (Å²) in [4.78, 5) is 23.5. The molecule has 2 amide bonds. The van der Waals surface area contributed by atoms with Crippen molar-refractivity contribution >= 4 is 11.8 Å². The minimum Gasteiger partial charge on any atom is -0.497 e. The monoisotopic (exact) mass is 328 g/mol. The maximum Gasteiger partial charge on any atom is 0.258 e. The Morgan fingerprint density at radius 1 is 0.875 bits per heavy atom. The summed E-state index contributed by atoms with van der Waals surface area (Å²) in [5.74, 6) is 0.892. The van der Waals surface area contributed by atoms with Gasteiger partial charge in [-0.1, -0.05) is 18.2 Å². The molecule has 0 atom stereocenters. The van der Waals surface area contributed by atoms with Gasteiger partial charge in [-0.15, -0.1) is 0 Å². The first-order valence-electron chi connectivity index (χ1n) is 7.56. The fraction of sp³-hybridized carbons (Fsp3) is 0.222. The van der Waals surface area contributed by atoms with Gasteiger partial charge in [0.15, 0.2) is 6.61 Å². The highest BCUT2D eigenvalue weighted by molar-refractivity contribution is 5.94. The molecule has 24 heavy (non-hydrogen) atoms. The summed E-state index contributed by atoms with van der Waals surface area (Å²) in [5.41, 5.74) is 0.590. The van der Waals surface area contributed by atoms with Crippen molar-refractivity contribution in [2.45, 2.75) is 0 Å². The van der Waals surface area contributed by atoms with Gasteiger partial charge in [0, 0.05) is 18.7 Å². The lowest BCUT2D eigenvalue weighted by atomic mass is 10.2. The van der Waals surface area contributed by atoms with Crippen LogP contribution in [-0.2, 0) is 4.79 Å². The molecule has 0 aromatic heterocycles. The lowest BCUT2D eigenvalue weighted by molar-refractivity contribution is -0.123. The summed E-state index contributed by atoms with van der Waals surface area (Å²) < 4.78 is 10.4. The zero-order chi connectivity index (χ0) is 17.2. The van der Waals surface area contributed by atoms with Gasteiger partial charge in [-0.2, -0.15) is 0 Å². The van der Waals surface area contributed by atoms with Crippen LogP contribution in [0.25, 0.3) is 0 Å². The summed E-state index contributed by atoms with van der Waals surface area (Å²) in [6.07, 6.45) is 0. The van der Waals surface area contributed by atoms with Gasteiger partial charge in [0.2, 0.25) is 0 Å². The minimum atomic E-state index is -0.250. The van der Waals surface area contributed by atoms with Crippen molar-refractivity contribution in [3.8, 4) is 11.5 Å². The number of methoxy groups -OCH3 is 1. The highest BCUT2D eigenvalue weighted by atomic mass is 16.5. The Morgan fingerprint density at radius 2 is 1.50 bits per heavy atom. The Morgan fingerprint density at radius 3 is 2.17 bits per heavy atom. The lowest BCUT2D eigenvalue weighted by Gasteiger charge is -2.09. The molecule has 0 aliphatic heterocycles. The van der Waals surface area contributed by atoms with E-state index in [1.165, 1.54) is 0 Å². The molecule has 2 aromatic rings. The van der Waals surface area contributed by atoms with Crippen LogP contribution in [0.4, 0.5) is 0 Å². The van der Waals surface area contributed by atoms with E-state index < -0.39 is 0 Å². The maximum absolute atomic E-state index is 11.8. The molecule has 6 nitrogen and oxygen atoms in total. The van der Waals surface area contributed by atoms with Gasteiger partial charge in [0.05, 0.1) is 7.11 Å². The lowest BCUT2D eigenvalue weighted by Crippen LogP contribution is -2.36. The van der Waals surface area contributed by atoms with Crippen LogP contribution in [-0.4, -0.2) is 38.6 Å². The molecule has 0 radical (unpaired) electrons. The average Bonchev–Trinajstić information content (AvgIpc) is 2.64. The number of rotatable bonds is 8. The third-order valence-electron chi connectivity index (χ3n) is 3.20. The Bertz CT molecular complexity index is 656. The van der Waals surface area contributed by atoms with E-state index in [0.29, 0.717) is 24.4 Å². The zero-order valence-electron chi connectivity index (χ0n) is 13.5. The molecule has 0 heterocycles. The Hall–Kier alpha value is -3.02. The zero-order valence-corrected chi connectivity index (χ0v) is 13.5. The van der Waals surface area contributed by atoms with Crippen LogP contribution in [0, 0.1) is 0 Å². The second-order valence-corrected chi connectivity index (χ2v) is 4.94. The predicted molar refractivity (Wildman–Crippen MR) is 90.3 cm³/mol. The molecule has 0 bridgehead atoms. The topological polar surface area (TPSA) is 76.7 Å². The van der Waals surface area contributed by atoms with Crippen molar-refractivity contribution in [2.24, 2.45) is 0 Å². The van der Waals surface area contributed by atoms with Crippen molar-refractivity contribution < 1.29 is 19.1 Å². The Kier molecular flexibility index (Phi) is 6.64. The molecule has 0 saturated carbocycles. The van der Waals surface area contributed by atoms with E-state index >= 15 is 0 Å². The predicted octanol–water partition coefficient (Wildman–Crippen LogP) is 1.62. The first-order valence-corrected chi connectivity index (χ1v) is 7.56. The van der Waals surface area contributed by atoms with Gasteiger partial charge < -0.3 is 20.1 Å². The van der Waals surface area contributed by atoms with Crippen LogP contribution in [0.2, 0.25) is 0 Å². The largest absolute Gasteiger partial charge is 0.497 e. The van der Waals surface area contributed by atoms with E-state index in [-0.39, 0.29) is 18.4 Å². The molecule has 0 saturated heterocycles. The molecule has 0 fully saturated rings. The highest BCUT2D eigenvalue weighted by Gasteiger charge is 2.05. The molecule has 126 valence electrons. The average molecular weight is 328 g/mol. The van der Waals surface area contributed by atoms with Gasteiger partial charge in [-0.05, 0) is 36.4 Å². The smallest absolute Gasteiger partial charge is 0.258 e. The van der Waals surface area contributed by atoms with E-state index in [9.17, 15) is 9.59 Å². The number of carbonyl (C=O) groups is 2. The number of nitrogens with one attached hydrogen (secondary N) is 2. The van der Waals surface area contributed by atoms with Crippen molar-refractivity contribution in [1.29, 1.82) is 0 Å². The molecule has 6 heteroatoms. The van der Waals surface area contributed by atoms with E-state index in [4.69, 9.17) is 9.47 Å². The van der Waals surface area contributed by atoms with E-state index in [1.807, 2.05) is 6.07 Å². The SMILES string of the molecule is COc1ccc(OCC(=O)NCCNC(=O)c2ccccc2)cc1. The number of carbonyl (C=O) groups excluding carboxylic acids is 2. The summed E-state index contributed by atoms with van der Waals surface area (Å²) in [6.45, 7) is 0.602. The van der Waals surface area contributed by atoms with Gasteiger partial charge in [-0.25, -0.2) is 0 Å². The van der Waals surface area contributed by atoms with Crippen molar-refractivity contribution in [3.63, 3.8) is 0 Å². The second-order valence-electron chi connectivity index (χ2n) is 4.94. The Labute approximate surface area is 140 Å². The molecular weight excluding hydrogens is 308 g/mol.